The van der Waals surface area contributed by atoms with Gasteiger partial charge >= 0.3 is 0 Å². The van der Waals surface area contributed by atoms with E-state index in [2.05, 4.69) is 45.6 Å². The second-order valence-electron chi connectivity index (χ2n) is 10.3. The van der Waals surface area contributed by atoms with Crippen LogP contribution in [-0.2, 0) is 38.0 Å². The average Bonchev–Trinajstić information content (AvgIpc) is 3.32. The van der Waals surface area contributed by atoms with Gasteiger partial charge < -0.3 is 16.8 Å². The molecule has 2 aromatic rings. The van der Waals surface area contributed by atoms with Crippen molar-refractivity contribution in [3.8, 4) is 0 Å². The van der Waals surface area contributed by atoms with Gasteiger partial charge in [-0.25, -0.2) is 8.42 Å². The number of rotatable bonds is 14. The Hall–Kier alpha value is -3.61. The largest absolute Gasteiger partial charge is 0.402 e. The van der Waals surface area contributed by atoms with E-state index in [0.717, 1.165) is 29.8 Å². The van der Waals surface area contributed by atoms with Gasteiger partial charge in [0.05, 0.1) is 12.2 Å². The number of unbranched alkanes of at least 4 members (excludes halogenated alkanes) is 1. The zero-order chi connectivity index (χ0) is 29.8. The molecule has 1 aromatic carbocycles. The number of hydrogen-bond donors (Lipinski definition) is 4. The number of aromatic nitrogens is 2. The fourth-order valence-electron chi connectivity index (χ4n) is 4.29. The number of benzene rings is 1. The molecule has 2 amide bonds. The van der Waals surface area contributed by atoms with E-state index in [1.165, 1.54) is 17.6 Å². The van der Waals surface area contributed by atoms with Gasteiger partial charge in [-0.15, -0.1) is 10.2 Å². The summed E-state index contributed by atoms with van der Waals surface area (Å²) < 4.78 is 23.0. The summed E-state index contributed by atoms with van der Waals surface area (Å²) in [5.74, 6) is 0.559. The molecule has 0 fully saturated rings. The summed E-state index contributed by atoms with van der Waals surface area (Å²) >= 11 is 1.39. The summed E-state index contributed by atoms with van der Waals surface area (Å²) in [6, 6.07) is 6.97. The van der Waals surface area contributed by atoms with Crippen molar-refractivity contribution in [2.75, 3.05) is 11.6 Å². The van der Waals surface area contributed by atoms with Crippen molar-refractivity contribution in [2.45, 2.75) is 51.2 Å². The second-order valence-corrected chi connectivity index (χ2v) is 13.5. The number of anilines is 1. The first-order chi connectivity index (χ1) is 19.5. The third-order valence-electron chi connectivity index (χ3n) is 6.38. The molecule has 220 valence electrons. The molecule has 1 aromatic heterocycles. The van der Waals surface area contributed by atoms with E-state index in [9.17, 15) is 18.0 Å². The minimum Gasteiger partial charge on any atom is -0.402 e. The van der Waals surface area contributed by atoms with Crippen LogP contribution in [-0.4, -0.2) is 36.7 Å². The first-order valence-corrected chi connectivity index (χ1v) is 16.4. The van der Waals surface area contributed by atoms with Gasteiger partial charge in [-0.1, -0.05) is 66.8 Å². The minimum absolute atomic E-state index is 0.0600. The zero-order valence-corrected chi connectivity index (χ0v) is 25.1. The Labute approximate surface area is 245 Å². The normalized spacial score (nSPS) is 17.4. The van der Waals surface area contributed by atoms with Crippen molar-refractivity contribution < 1.29 is 23.7 Å². The molecule has 12 heteroatoms. The predicted molar refractivity (Wildman–Crippen MR) is 162 cm³/mol. The molecule has 1 heterocycles. The van der Waals surface area contributed by atoms with Crippen LogP contribution in [0.2, 0.25) is 0 Å². The molecule has 2 atom stereocenters. The molecule has 0 spiro atoms. The molecule has 0 aliphatic heterocycles. The fourth-order valence-corrected chi connectivity index (χ4v) is 5.87. The van der Waals surface area contributed by atoms with Crippen LogP contribution in [0, 0.1) is 11.8 Å². The molecule has 1 aliphatic rings. The molecule has 10 nitrogen and oxygen atoms in total. The summed E-state index contributed by atoms with van der Waals surface area (Å²) in [5, 5.41) is 15.2. The Morgan fingerprint density at radius 3 is 2.61 bits per heavy atom. The predicted octanol–water partition coefficient (Wildman–Crippen LogP) is 2.79. The zero-order valence-electron chi connectivity index (χ0n) is 23.5. The Morgan fingerprint density at radius 2 is 1.85 bits per heavy atom. The lowest BCUT2D eigenvalue weighted by Gasteiger charge is -2.19. The molecule has 0 saturated carbocycles. The number of carbonyl (C=O) groups is 2. The van der Waals surface area contributed by atoms with Crippen molar-refractivity contribution in [1.82, 2.24) is 15.5 Å². The average molecular weight is 600 g/mol. The topological polar surface area (TPSA) is 172 Å². The standard InChI is InChI=1S/C29H38N6O4S2/c1-20-8-3-4-11-23(20)18-27(37)33-29-35-34-28(40-29)13-6-5-12-24(30)14-15-25(31)32-26(36)17-21-9-7-10-22(16-21)19-41(2,38)39/h3-4,7-11,14-16,20,23H,5-6,12-13,17-19,30-31H2,1-2H3,(H,32,36)(H,33,35,37)/p+1/b24-14-,25-15+. The summed E-state index contributed by atoms with van der Waals surface area (Å²) in [4.78, 5) is 24.7. The van der Waals surface area contributed by atoms with Gasteiger partial charge in [0.2, 0.25) is 22.8 Å². The molecule has 1 aliphatic carbocycles. The first kappa shape index (κ1) is 31.9. The number of hydrogen-bond acceptors (Lipinski definition) is 8. The molecule has 7 N–H and O–H groups in total. The highest BCUT2D eigenvalue weighted by molar-refractivity contribution is 7.89. The van der Waals surface area contributed by atoms with Crippen molar-refractivity contribution in [3.05, 3.63) is 88.4 Å². The highest BCUT2D eigenvalue weighted by Crippen LogP contribution is 2.24. The third-order valence-corrected chi connectivity index (χ3v) is 8.14. The lowest BCUT2D eigenvalue weighted by molar-refractivity contribution is -0.310. The quantitative estimate of drug-likeness (QED) is 0.191. The second kappa shape index (κ2) is 15.4. The molecule has 41 heavy (non-hydrogen) atoms. The van der Waals surface area contributed by atoms with Crippen LogP contribution >= 0.6 is 11.3 Å². The van der Waals surface area contributed by atoms with Gasteiger partial charge in [-0.2, -0.15) is 0 Å². The van der Waals surface area contributed by atoms with E-state index in [4.69, 9.17) is 5.73 Å². The number of nitrogens with one attached hydrogen (secondary N) is 2. The minimum atomic E-state index is -3.15. The van der Waals surface area contributed by atoms with Crippen molar-refractivity contribution in [3.63, 3.8) is 0 Å². The molecular formula is C29H39N6O4S2+. The van der Waals surface area contributed by atoms with Gasteiger partial charge in [0.25, 0.3) is 0 Å². The fraction of sp³-hybridized carbons (Fsp3) is 0.379. The maximum atomic E-state index is 12.4. The lowest BCUT2D eigenvalue weighted by atomic mass is 9.87. The monoisotopic (exact) mass is 599 g/mol. The van der Waals surface area contributed by atoms with E-state index in [1.807, 2.05) is 12.2 Å². The maximum absolute atomic E-state index is 12.4. The molecule has 0 saturated heterocycles. The molecule has 0 bridgehead atoms. The van der Waals surface area contributed by atoms with Crippen LogP contribution in [0.1, 0.15) is 48.7 Å². The number of aryl methyl sites for hydroxylation is 1. The van der Waals surface area contributed by atoms with Crippen molar-refractivity contribution in [1.29, 1.82) is 0 Å². The Balaban J connectivity index is 1.35. The van der Waals surface area contributed by atoms with E-state index in [1.54, 1.807) is 36.4 Å². The van der Waals surface area contributed by atoms with E-state index < -0.39 is 9.84 Å². The van der Waals surface area contributed by atoms with E-state index >= 15 is 0 Å². The highest BCUT2D eigenvalue weighted by Gasteiger charge is 2.19. The highest BCUT2D eigenvalue weighted by atomic mass is 32.2. The lowest BCUT2D eigenvalue weighted by Crippen LogP contribution is -2.55. The SMILES string of the molecule is CC1C=CC=CC1CC(=O)Nc1nnc(CCCC/C(N)=C/C=C(\[NH3+])NC(=O)Cc2cccc(CS(C)(=O)=O)c2)s1. The molecule has 0 radical (unpaired) electrons. The number of carbonyl (C=O) groups excluding carboxylic acids is 2. The van der Waals surface area contributed by atoms with E-state index in [-0.39, 0.29) is 29.9 Å². The van der Waals surface area contributed by atoms with Crippen LogP contribution < -0.4 is 22.1 Å². The molecule has 3 rings (SSSR count). The number of quaternary nitrogens is 1. The molecule has 2 unspecified atom stereocenters. The van der Waals surface area contributed by atoms with Crippen molar-refractivity contribution in [2.24, 2.45) is 17.6 Å². The van der Waals surface area contributed by atoms with Gasteiger partial charge in [0.1, 0.15) is 5.01 Å². The number of nitrogens with zero attached hydrogens (tertiary/aromatic N) is 2. The maximum Gasteiger partial charge on any atom is 0.232 e. The van der Waals surface area contributed by atoms with Crippen LogP contribution in [0.5, 0.6) is 0 Å². The summed E-state index contributed by atoms with van der Waals surface area (Å²) in [6.45, 7) is 2.10. The Kier molecular flexibility index (Phi) is 12.0. The summed E-state index contributed by atoms with van der Waals surface area (Å²) in [6.07, 6.45) is 16.4. The van der Waals surface area contributed by atoms with Crippen molar-refractivity contribution >= 4 is 38.1 Å². The third kappa shape index (κ3) is 12.2. The summed E-state index contributed by atoms with van der Waals surface area (Å²) in [5.41, 5.74) is 12.0. The Bertz CT molecular complexity index is 1440. The van der Waals surface area contributed by atoms with Crippen LogP contribution in [0.25, 0.3) is 0 Å². The van der Waals surface area contributed by atoms with Gasteiger partial charge in [0.15, 0.2) is 9.84 Å². The first-order valence-electron chi connectivity index (χ1n) is 13.5. The smallest absolute Gasteiger partial charge is 0.232 e. The number of amides is 2. The summed E-state index contributed by atoms with van der Waals surface area (Å²) in [7, 11) is -3.15. The molecular weight excluding hydrogens is 560 g/mol. The van der Waals surface area contributed by atoms with Gasteiger partial charge in [-0.3, -0.25) is 14.9 Å². The van der Waals surface area contributed by atoms with E-state index in [0.29, 0.717) is 41.0 Å². The van der Waals surface area contributed by atoms with Crippen LogP contribution in [0.15, 0.2) is 72.2 Å². The Morgan fingerprint density at radius 1 is 1.10 bits per heavy atom. The number of allylic oxidation sites excluding steroid dienone is 7. The van der Waals surface area contributed by atoms with Crippen LogP contribution in [0.4, 0.5) is 5.13 Å². The van der Waals surface area contributed by atoms with Gasteiger partial charge in [-0.05, 0) is 48.3 Å². The number of nitrogens with two attached hydrogens (primary N) is 1. The van der Waals surface area contributed by atoms with Gasteiger partial charge in [0, 0.05) is 30.9 Å². The number of sulfone groups is 1. The van der Waals surface area contributed by atoms with Crippen LogP contribution in [0.3, 0.4) is 0 Å².